The molecule has 2 rings (SSSR count). The van der Waals surface area contributed by atoms with Gasteiger partial charge in [-0.1, -0.05) is 18.2 Å². The van der Waals surface area contributed by atoms with Crippen LogP contribution in [-0.2, 0) is 6.54 Å². The van der Waals surface area contributed by atoms with Crippen molar-refractivity contribution in [2.75, 3.05) is 13.2 Å². The van der Waals surface area contributed by atoms with E-state index >= 15 is 0 Å². The second kappa shape index (κ2) is 7.12. The highest BCUT2D eigenvalue weighted by atomic mass is 79.9. The Morgan fingerprint density at radius 1 is 1.40 bits per heavy atom. The molecule has 0 bridgehead atoms. The molecule has 1 heterocycles. The fourth-order valence-corrected chi connectivity index (χ4v) is 2.06. The van der Waals surface area contributed by atoms with Crippen LogP contribution < -0.4 is 10.1 Å². The number of H-pyrrole nitrogens is 1. The van der Waals surface area contributed by atoms with Gasteiger partial charge in [-0.05, 0) is 28.1 Å². The monoisotopic (exact) mass is 338 g/mol. The van der Waals surface area contributed by atoms with Gasteiger partial charge in [0.25, 0.3) is 5.91 Å². The van der Waals surface area contributed by atoms with Gasteiger partial charge in [-0.25, -0.2) is 0 Å². The molecule has 0 radical (unpaired) electrons. The van der Waals surface area contributed by atoms with Crippen molar-refractivity contribution in [1.82, 2.24) is 10.3 Å². The third kappa shape index (κ3) is 3.85. The Labute approximate surface area is 125 Å². The summed E-state index contributed by atoms with van der Waals surface area (Å²) in [5, 5.41) is 11.6. The summed E-state index contributed by atoms with van der Waals surface area (Å²) in [4.78, 5) is 14.8. The molecule has 0 aliphatic heterocycles. The van der Waals surface area contributed by atoms with Gasteiger partial charge >= 0.3 is 0 Å². The van der Waals surface area contributed by atoms with Crippen molar-refractivity contribution in [1.29, 1.82) is 0 Å². The van der Waals surface area contributed by atoms with Crippen LogP contribution in [0.25, 0.3) is 0 Å². The number of nitrogens with one attached hydrogen (secondary N) is 2. The lowest BCUT2D eigenvalue weighted by Gasteiger charge is -2.11. The fourth-order valence-electron chi connectivity index (χ4n) is 1.72. The first kappa shape index (κ1) is 14.6. The Morgan fingerprint density at radius 3 is 2.90 bits per heavy atom. The standard InChI is InChI=1S/C14H15BrN2O3/c15-11-7-12(16-9-11)14(19)17-8-10-3-1-2-4-13(10)20-6-5-18/h1-4,7,9,16,18H,5-6,8H2,(H,17,19). The molecule has 20 heavy (non-hydrogen) atoms. The Balaban J connectivity index is 1.98. The minimum absolute atomic E-state index is 0.0444. The number of aliphatic hydroxyl groups is 1. The molecular formula is C14H15BrN2O3. The molecule has 0 atom stereocenters. The minimum atomic E-state index is -0.187. The van der Waals surface area contributed by atoms with E-state index in [-0.39, 0.29) is 19.1 Å². The summed E-state index contributed by atoms with van der Waals surface area (Å²) in [6, 6.07) is 9.11. The molecule has 0 aliphatic rings. The van der Waals surface area contributed by atoms with Gasteiger partial charge < -0.3 is 20.1 Å². The summed E-state index contributed by atoms with van der Waals surface area (Å²) in [7, 11) is 0. The number of hydrogen-bond acceptors (Lipinski definition) is 3. The maximum Gasteiger partial charge on any atom is 0.268 e. The second-order valence-electron chi connectivity index (χ2n) is 4.09. The van der Waals surface area contributed by atoms with Crippen molar-refractivity contribution in [3.05, 3.63) is 52.3 Å². The van der Waals surface area contributed by atoms with E-state index < -0.39 is 0 Å². The molecule has 106 valence electrons. The third-order valence-corrected chi connectivity index (χ3v) is 3.11. The number of aromatic nitrogens is 1. The van der Waals surface area contributed by atoms with Crippen LogP contribution in [0, 0.1) is 0 Å². The second-order valence-corrected chi connectivity index (χ2v) is 5.01. The molecule has 0 saturated heterocycles. The number of carbonyl (C=O) groups is 1. The summed E-state index contributed by atoms with van der Waals surface area (Å²) in [6.45, 7) is 0.544. The number of hydrogen-bond donors (Lipinski definition) is 3. The van der Waals surface area contributed by atoms with Gasteiger partial charge in [0, 0.05) is 22.8 Å². The van der Waals surface area contributed by atoms with Gasteiger partial charge in [0.15, 0.2) is 0 Å². The maximum atomic E-state index is 11.9. The Morgan fingerprint density at radius 2 is 2.20 bits per heavy atom. The molecule has 0 saturated carbocycles. The van der Waals surface area contributed by atoms with Crippen LogP contribution >= 0.6 is 15.9 Å². The van der Waals surface area contributed by atoms with E-state index in [0.717, 1.165) is 10.0 Å². The van der Waals surface area contributed by atoms with Crippen LogP contribution in [0.1, 0.15) is 16.1 Å². The van der Waals surface area contributed by atoms with E-state index in [4.69, 9.17) is 9.84 Å². The van der Waals surface area contributed by atoms with Crippen LogP contribution in [0.4, 0.5) is 0 Å². The highest BCUT2D eigenvalue weighted by molar-refractivity contribution is 9.10. The molecule has 1 aromatic carbocycles. The van der Waals surface area contributed by atoms with Crippen molar-refractivity contribution in [3.8, 4) is 5.75 Å². The molecule has 3 N–H and O–H groups in total. The average Bonchev–Trinajstić information content (AvgIpc) is 2.90. The fraction of sp³-hybridized carbons (Fsp3) is 0.214. The van der Waals surface area contributed by atoms with Crippen molar-refractivity contribution in [2.24, 2.45) is 0 Å². The molecule has 0 spiro atoms. The summed E-state index contributed by atoms with van der Waals surface area (Å²) in [6.07, 6.45) is 1.70. The molecule has 0 aliphatic carbocycles. The number of carbonyl (C=O) groups excluding carboxylic acids is 1. The van der Waals surface area contributed by atoms with Gasteiger partial charge in [-0.3, -0.25) is 4.79 Å². The molecule has 1 aromatic heterocycles. The Kier molecular flexibility index (Phi) is 5.20. The zero-order chi connectivity index (χ0) is 14.4. The van der Waals surface area contributed by atoms with Crippen LogP contribution in [0.15, 0.2) is 41.0 Å². The average molecular weight is 339 g/mol. The molecule has 5 nitrogen and oxygen atoms in total. The van der Waals surface area contributed by atoms with E-state index in [1.54, 1.807) is 12.3 Å². The molecule has 0 unspecified atom stereocenters. The normalized spacial score (nSPS) is 10.3. The predicted molar refractivity (Wildman–Crippen MR) is 78.7 cm³/mol. The van der Waals surface area contributed by atoms with E-state index in [0.29, 0.717) is 18.0 Å². The van der Waals surface area contributed by atoms with Crippen LogP contribution in [0.2, 0.25) is 0 Å². The van der Waals surface area contributed by atoms with Crippen molar-refractivity contribution in [3.63, 3.8) is 0 Å². The number of benzene rings is 1. The van der Waals surface area contributed by atoms with Gasteiger partial charge in [0.05, 0.1) is 6.61 Å². The van der Waals surface area contributed by atoms with Crippen molar-refractivity contribution < 1.29 is 14.6 Å². The number of ether oxygens (including phenoxy) is 1. The lowest BCUT2D eigenvalue weighted by Crippen LogP contribution is -2.23. The van der Waals surface area contributed by atoms with Crippen LogP contribution in [-0.4, -0.2) is 29.2 Å². The highest BCUT2D eigenvalue weighted by Gasteiger charge is 2.09. The zero-order valence-electron chi connectivity index (χ0n) is 10.7. The molecule has 1 amide bonds. The number of aliphatic hydroxyl groups excluding tert-OH is 1. The topological polar surface area (TPSA) is 74.3 Å². The first-order valence-electron chi connectivity index (χ1n) is 6.14. The van der Waals surface area contributed by atoms with E-state index in [9.17, 15) is 4.79 Å². The summed E-state index contributed by atoms with van der Waals surface area (Å²) in [5.74, 6) is 0.474. The van der Waals surface area contributed by atoms with Gasteiger partial charge in [-0.15, -0.1) is 0 Å². The summed E-state index contributed by atoms with van der Waals surface area (Å²) >= 11 is 3.28. The first-order valence-corrected chi connectivity index (χ1v) is 6.93. The summed E-state index contributed by atoms with van der Waals surface area (Å²) < 4.78 is 6.24. The molecule has 0 fully saturated rings. The number of para-hydroxylation sites is 1. The SMILES string of the molecule is O=C(NCc1ccccc1OCCO)c1cc(Br)c[nH]1. The highest BCUT2D eigenvalue weighted by Crippen LogP contribution is 2.18. The van der Waals surface area contributed by atoms with Gasteiger partial charge in [0.2, 0.25) is 0 Å². The first-order chi connectivity index (χ1) is 9.70. The predicted octanol–water partition coefficient (Wildman–Crippen LogP) is 2.08. The number of aromatic amines is 1. The lowest BCUT2D eigenvalue weighted by molar-refractivity contribution is 0.0946. The van der Waals surface area contributed by atoms with Gasteiger partial charge in [0.1, 0.15) is 18.1 Å². The van der Waals surface area contributed by atoms with Crippen LogP contribution in [0.5, 0.6) is 5.75 Å². The molecular weight excluding hydrogens is 324 g/mol. The molecule has 2 aromatic rings. The summed E-state index contributed by atoms with van der Waals surface area (Å²) in [5.41, 5.74) is 1.35. The number of rotatable bonds is 6. The third-order valence-electron chi connectivity index (χ3n) is 2.65. The number of amides is 1. The smallest absolute Gasteiger partial charge is 0.268 e. The van der Waals surface area contributed by atoms with E-state index in [1.807, 2.05) is 24.3 Å². The Hall–Kier alpha value is -1.79. The minimum Gasteiger partial charge on any atom is -0.491 e. The molecule has 6 heteroatoms. The zero-order valence-corrected chi connectivity index (χ0v) is 12.3. The Bertz CT molecular complexity index is 583. The van der Waals surface area contributed by atoms with E-state index in [2.05, 4.69) is 26.2 Å². The van der Waals surface area contributed by atoms with E-state index in [1.165, 1.54) is 0 Å². The largest absolute Gasteiger partial charge is 0.491 e. The maximum absolute atomic E-state index is 11.9. The van der Waals surface area contributed by atoms with Crippen molar-refractivity contribution >= 4 is 21.8 Å². The van der Waals surface area contributed by atoms with Crippen molar-refractivity contribution in [2.45, 2.75) is 6.54 Å². The van der Waals surface area contributed by atoms with Gasteiger partial charge in [-0.2, -0.15) is 0 Å². The number of halogens is 1. The quantitative estimate of drug-likeness (QED) is 0.754. The lowest BCUT2D eigenvalue weighted by atomic mass is 10.2. The van der Waals surface area contributed by atoms with Crippen LogP contribution in [0.3, 0.4) is 0 Å².